The van der Waals surface area contributed by atoms with Crippen LogP contribution in [-0.4, -0.2) is 17.1 Å². The fourth-order valence-electron chi connectivity index (χ4n) is 1.70. The van der Waals surface area contributed by atoms with E-state index in [4.69, 9.17) is 9.47 Å². The second-order valence-corrected chi connectivity index (χ2v) is 5.62. The molecule has 1 heterocycles. The fourth-order valence-corrected chi connectivity index (χ4v) is 2.13. The van der Waals surface area contributed by atoms with Crippen LogP contribution in [0.5, 0.6) is 17.5 Å². The molecule has 2 aromatic rings. The van der Waals surface area contributed by atoms with Crippen LogP contribution in [0.15, 0.2) is 28.7 Å². The average molecular weight is 337 g/mol. The molecule has 0 fully saturated rings. The van der Waals surface area contributed by atoms with E-state index in [0.29, 0.717) is 17.7 Å². The van der Waals surface area contributed by atoms with Gasteiger partial charge in [0.1, 0.15) is 11.5 Å². The van der Waals surface area contributed by atoms with Gasteiger partial charge in [0.25, 0.3) is 0 Å². The van der Waals surface area contributed by atoms with Crippen molar-refractivity contribution in [3.8, 4) is 17.5 Å². The molecule has 20 heavy (non-hydrogen) atoms. The summed E-state index contributed by atoms with van der Waals surface area (Å²) >= 11 is 3.45. The van der Waals surface area contributed by atoms with Crippen LogP contribution < -0.4 is 9.47 Å². The first-order valence-corrected chi connectivity index (χ1v) is 7.16. The highest BCUT2D eigenvalue weighted by atomic mass is 79.9. The summed E-state index contributed by atoms with van der Waals surface area (Å²) in [7, 11) is 1.63. The van der Waals surface area contributed by atoms with E-state index < -0.39 is 0 Å². The third-order valence-corrected chi connectivity index (χ3v) is 3.41. The molecule has 5 heteroatoms. The van der Waals surface area contributed by atoms with Crippen molar-refractivity contribution in [1.29, 1.82) is 0 Å². The van der Waals surface area contributed by atoms with E-state index in [0.717, 1.165) is 21.6 Å². The summed E-state index contributed by atoms with van der Waals surface area (Å²) in [6.45, 7) is 6.12. The van der Waals surface area contributed by atoms with E-state index >= 15 is 0 Å². The molecule has 0 spiro atoms. The Balaban J connectivity index is 2.30. The summed E-state index contributed by atoms with van der Waals surface area (Å²) in [4.78, 5) is 8.74. The highest BCUT2D eigenvalue weighted by Crippen LogP contribution is 2.32. The second-order valence-electron chi connectivity index (χ2n) is 4.77. The highest BCUT2D eigenvalue weighted by molar-refractivity contribution is 9.10. The van der Waals surface area contributed by atoms with Crippen LogP contribution in [0.25, 0.3) is 0 Å². The van der Waals surface area contributed by atoms with Gasteiger partial charge in [-0.2, -0.15) is 4.98 Å². The maximum Gasteiger partial charge on any atom is 0.322 e. The Morgan fingerprint density at radius 2 is 1.90 bits per heavy atom. The van der Waals surface area contributed by atoms with Crippen molar-refractivity contribution in [2.45, 2.75) is 26.7 Å². The molecule has 0 saturated heterocycles. The molecule has 0 N–H and O–H groups in total. The number of benzene rings is 1. The van der Waals surface area contributed by atoms with Gasteiger partial charge in [-0.25, -0.2) is 4.98 Å². The standard InChI is InChI=1S/C15H17BrN2O2/c1-9(2)13-7-10(3)17-15(18-13)20-14-6-5-11(19-4)8-12(14)16/h5-9H,1-4H3. The van der Waals surface area contributed by atoms with Crippen LogP contribution in [0.3, 0.4) is 0 Å². The van der Waals surface area contributed by atoms with Crippen molar-refractivity contribution >= 4 is 15.9 Å². The zero-order valence-corrected chi connectivity index (χ0v) is 13.6. The number of ether oxygens (including phenoxy) is 2. The normalized spacial score (nSPS) is 10.7. The fraction of sp³-hybridized carbons (Fsp3) is 0.333. The molecule has 0 amide bonds. The second kappa shape index (κ2) is 6.22. The Morgan fingerprint density at radius 3 is 2.50 bits per heavy atom. The molecule has 0 saturated carbocycles. The van der Waals surface area contributed by atoms with E-state index in [9.17, 15) is 0 Å². The van der Waals surface area contributed by atoms with E-state index in [1.165, 1.54) is 0 Å². The predicted molar refractivity (Wildman–Crippen MR) is 81.6 cm³/mol. The Kier molecular flexibility index (Phi) is 4.60. The smallest absolute Gasteiger partial charge is 0.322 e. The van der Waals surface area contributed by atoms with Gasteiger partial charge in [-0.1, -0.05) is 13.8 Å². The summed E-state index contributed by atoms with van der Waals surface area (Å²) in [5, 5.41) is 0. The Morgan fingerprint density at radius 1 is 1.15 bits per heavy atom. The molecule has 0 atom stereocenters. The molecule has 1 aromatic heterocycles. The quantitative estimate of drug-likeness (QED) is 0.826. The number of halogens is 1. The first-order chi connectivity index (χ1) is 9.49. The Hall–Kier alpha value is -1.62. The average Bonchev–Trinajstić information content (AvgIpc) is 2.40. The van der Waals surface area contributed by atoms with Gasteiger partial charge >= 0.3 is 6.01 Å². The molecule has 0 aliphatic heterocycles. The van der Waals surface area contributed by atoms with Gasteiger partial charge in [-0.3, -0.25) is 0 Å². The molecular formula is C15H17BrN2O2. The van der Waals surface area contributed by atoms with E-state index in [1.807, 2.05) is 31.2 Å². The van der Waals surface area contributed by atoms with E-state index in [-0.39, 0.29) is 0 Å². The first kappa shape index (κ1) is 14.8. The monoisotopic (exact) mass is 336 g/mol. The minimum atomic E-state index is 0.332. The number of rotatable bonds is 4. The summed E-state index contributed by atoms with van der Waals surface area (Å²) in [5.74, 6) is 1.75. The lowest BCUT2D eigenvalue weighted by molar-refractivity contribution is 0.408. The molecule has 1 aromatic carbocycles. The van der Waals surface area contributed by atoms with Crippen LogP contribution in [0.1, 0.15) is 31.2 Å². The van der Waals surface area contributed by atoms with Crippen molar-refractivity contribution in [2.24, 2.45) is 0 Å². The largest absolute Gasteiger partial charge is 0.497 e. The molecule has 0 bridgehead atoms. The molecule has 0 radical (unpaired) electrons. The van der Waals surface area contributed by atoms with Gasteiger partial charge in [0, 0.05) is 5.69 Å². The SMILES string of the molecule is COc1ccc(Oc2nc(C)cc(C(C)C)n2)c(Br)c1. The Labute approximate surface area is 127 Å². The van der Waals surface area contributed by atoms with Crippen LogP contribution in [0.2, 0.25) is 0 Å². The first-order valence-electron chi connectivity index (χ1n) is 6.36. The molecule has 106 valence electrons. The maximum atomic E-state index is 5.76. The van der Waals surface area contributed by atoms with Crippen molar-refractivity contribution in [3.05, 3.63) is 40.1 Å². The predicted octanol–water partition coefficient (Wildman–Crippen LogP) is 4.47. The van der Waals surface area contributed by atoms with E-state index in [2.05, 4.69) is 39.7 Å². The van der Waals surface area contributed by atoms with Crippen molar-refractivity contribution in [2.75, 3.05) is 7.11 Å². The van der Waals surface area contributed by atoms with Crippen molar-refractivity contribution in [1.82, 2.24) is 9.97 Å². The van der Waals surface area contributed by atoms with Gasteiger partial charge in [-0.15, -0.1) is 0 Å². The molecule has 4 nitrogen and oxygen atoms in total. The summed E-state index contributed by atoms with van der Waals surface area (Å²) < 4.78 is 11.7. The maximum absolute atomic E-state index is 5.76. The third-order valence-electron chi connectivity index (χ3n) is 2.79. The summed E-state index contributed by atoms with van der Waals surface area (Å²) in [5.41, 5.74) is 1.86. The van der Waals surface area contributed by atoms with Gasteiger partial charge in [0.05, 0.1) is 17.3 Å². The number of nitrogens with zero attached hydrogens (tertiary/aromatic N) is 2. The van der Waals surface area contributed by atoms with Gasteiger partial charge < -0.3 is 9.47 Å². The lowest BCUT2D eigenvalue weighted by atomic mass is 10.1. The van der Waals surface area contributed by atoms with Crippen LogP contribution in [-0.2, 0) is 0 Å². The van der Waals surface area contributed by atoms with Crippen LogP contribution in [0, 0.1) is 6.92 Å². The van der Waals surface area contributed by atoms with E-state index in [1.54, 1.807) is 7.11 Å². The summed E-state index contributed by atoms with van der Waals surface area (Å²) in [6, 6.07) is 7.83. The zero-order valence-electron chi connectivity index (χ0n) is 12.0. The van der Waals surface area contributed by atoms with Crippen molar-refractivity contribution < 1.29 is 9.47 Å². The van der Waals surface area contributed by atoms with Crippen molar-refractivity contribution in [3.63, 3.8) is 0 Å². The number of hydrogen-bond acceptors (Lipinski definition) is 4. The molecule has 0 unspecified atom stereocenters. The lowest BCUT2D eigenvalue weighted by Gasteiger charge is -2.10. The van der Waals surface area contributed by atoms with Crippen LogP contribution >= 0.6 is 15.9 Å². The van der Waals surface area contributed by atoms with Gasteiger partial charge in [0.2, 0.25) is 0 Å². The molecular weight excluding hydrogens is 320 g/mol. The third kappa shape index (κ3) is 3.48. The number of hydrogen-bond donors (Lipinski definition) is 0. The zero-order chi connectivity index (χ0) is 14.7. The molecule has 0 aliphatic rings. The van der Waals surface area contributed by atoms with Gasteiger partial charge in [0.15, 0.2) is 0 Å². The molecule has 2 rings (SSSR count). The number of aromatic nitrogens is 2. The lowest BCUT2D eigenvalue weighted by Crippen LogP contribution is -2.00. The Bertz CT molecular complexity index is 615. The highest BCUT2D eigenvalue weighted by Gasteiger charge is 2.10. The minimum absolute atomic E-state index is 0.332. The van der Waals surface area contributed by atoms with Crippen LogP contribution in [0.4, 0.5) is 0 Å². The number of aryl methyl sites for hydroxylation is 1. The number of methoxy groups -OCH3 is 1. The minimum Gasteiger partial charge on any atom is -0.497 e. The summed E-state index contributed by atoms with van der Waals surface area (Å²) in [6.07, 6.45) is 0. The topological polar surface area (TPSA) is 44.2 Å². The van der Waals surface area contributed by atoms with Gasteiger partial charge in [-0.05, 0) is 53.0 Å². The molecule has 0 aliphatic carbocycles.